The number of hydrogen-bond donors (Lipinski definition) is 2. The third-order valence-corrected chi connectivity index (χ3v) is 4.64. The number of pyridine rings is 1. The van der Waals surface area contributed by atoms with E-state index in [4.69, 9.17) is 23.2 Å². The van der Waals surface area contributed by atoms with Gasteiger partial charge in [-0.15, -0.1) is 5.10 Å². The Morgan fingerprint density at radius 2 is 1.77 bits per heavy atom. The number of halogens is 2. The number of aromatic hydroxyl groups is 1. The summed E-state index contributed by atoms with van der Waals surface area (Å²) in [6.45, 7) is 1.90. The number of nitrogens with zero attached hydrogens (tertiary/aromatic N) is 2. The summed E-state index contributed by atoms with van der Waals surface area (Å²) in [5.74, 6) is -0.477. The maximum Gasteiger partial charge on any atom is 0.285 e. The van der Waals surface area contributed by atoms with Crippen LogP contribution < -0.4 is 11.0 Å². The van der Waals surface area contributed by atoms with Gasteiger partial charge in [0.15, 0.2) is 0 Å². The van der Waals surface area contributed by atoms with Gasteiger partial charge in [-0.1, -0.05) is 40.9 Å². The summed E-state index contributed by atoms with van der Waals surface area (Å²) in [7, 11) is 0. The van der Waals surface area contributed by atoms with Gasteiger partial charge < -0.3 is 10.1 Å². The minimum absolute atomic E-state index is 0.0609. The predicted molar refractivity (Wildman–Crippen MR) is 102 cm³/mol. The first kappa shape index (κ1) is 16.6. The zero-order valence-electron chi connectivity index (χ0n) is 13.4. The predicted octanol–water partition coefficient (Wildman–Crippen LogP) is 3.55. The van der Waals surface area contributed by atoms with E-state index < -0.39 is 16.9 Å². The molecular formula is C18H11Cl2N3O3. The number of H-pyrrole nitrogens is 1. The molecule has 6 nitrogen and oxygen atoms in total. The highest BCUT2D eigenvalue weighted by Gasteiger charge is 2.18. The van der Waals surface area contributed by atoms with Gasteiger partial charge >= 0.3 is 0 Å². The van der Waals surface area contributed by atoms with Crippen LogP contribution in [-0.2, 0) is 0 Å². The van der Waals surface area contributed by atoms with E-state index in [9.17, 15) is 14.7 Å². The summed E-state index contributed by atoms with van der Waals surface area (Å²) in [4.78, 5) is 28.7. The maximum atomic E-state index is 12.9. The van der Waals surface area contributed by atoms with Crippen LogP contribution in [0.4, 0.5) is 0 Å². The van der Waals surface area contributed by atoms with Crippen molar-refractivity contribution in [1.82, 2.24) is 14.8 Å². The second-order valence-electron chi connectivity index (χ2n) is 5.89. The quantitative estimate of drug-likeness (QED) is 0.488. The van der Waals surface area contributed by atoms with Crippen molar-refractivity contribution in [2.75, 3.05) is 0 Å². The Labute approximate surface area is 156 Å². The number of benzene rings is 2. The van der Waals surface area contributed by atoms with Crippen molar-refractivity contribution in [2.24, 2.45) is 0 Å². The number of rotatable bonds is 1. The van der Waals surface area contributed by atoms with Crippen molar-refractivity contribution in [3.05, 3.63) is 72.6 Å². The topological polar surface area (TPSA) is 88.0 Å². The standard InChI is InChI=1S/C18H11Cl2N3O3/c1-8-2-4-10(5-3-8)23-18(26)14-15(17(25)22-23)21-12-7-9(19)6-11(20)13(12)16(14)24/h2-7H,1H3,(H,21,24)(H,22,25). The van der Waals surface area contributed by atoms with Gasteiger partial charge in [-0.2, -0.15) is 4.68 Å². The normalized spacial score (nSPS) is 11.3. The summed E-state index contributed by atoms with van der Waals surface area (Å²) in [6.07, 6.45) is 0. The van der Waals surface area contributed by atoms with Gasteiger partial charge in [0.1, 0.15) is 10.9 Å². The molecule has 2 aromatic carbocycles. The molecule has 2 N–H and O–H groups in total. The van der Waals surface area contributed by atoms with Gasteiger partial charge in [-0.3, -0.25) is 9.59 Å². The van der Waals surface area contributed by atoms with Crippen LogP contribution in [0.1, 0.15) is 5.56 Å². The molecule has 0 aliphatic heterocycles. The number of hydrogen-bond acceptors (Lipinski definition) is 4. The monoisotopic (exact) mass is 387 g/mol. The van der Waals surface area contributed by atoms with E-state index in [0.29, 0.717) is 16.2 Å². The van der Waals surface area contributed by atoms with Gasteiger partial charge in [0, 0.05) is 5.02 Å². The molecule has 0 amide bonds. The van der Waals surface area contributed by atoms with Gasteiger partial charge in [-0.25, -0.2) is 0 Å². The Bertz CT molecular complexity index is 1310. The van der Waals surface area contributed by atoms with Gasteiger partial charge in [0.2, 0.25) is 5.43 Å². The molecule has 0 radical (unpaired) electrons. The SMILES string of the molecule is Cc1ccc(-n2nc(O)c3[nH]c4cc(Cl)cc(Cl)c4c(=O)c3c2=O)cc1. The third-order valence-electron chi connectivity index (χ3n) is 4.12. The lowest BCUT2D eigenvalue weighted by atomic mass is 10.1. The average molecular weight is 388 g/mol. The van der Waals surface area contributed by atoms with Gasteiger partial charge in [0.25, 0.3) is 11.4 Å². The van der Waals surface area contributed by atoms with E-state index >= 15 is 0 Å². The molecule has 0 aliphatic carbocycles. The molecule has 2 heterocycles. The second kappa shape index (κ2) is 5.86. The van der Waals surface area contributed by atoms with Crippen molar-refractivity contribution < 1.29 is 5.11 Å². The number of nitrogens with one attached hydrogen (secondary N) is 1. The molecule has 0 unspecified atom stereocenters. The first-order chi connectivity index (χ1) is 12.4. The smallest absolute Gasteiger partial charge is 0.285 e. The van der Waals surface area contributed by atoms with Crippen LogP contribution in [0.5, 0.6) is 5.88 Å². The first-order valence-corrected chi connectivity index (χ1v) is 8.36. The fourth-order valence-corrected chi connectivity index (χ4v) is 3.45. The maximum absolute atomic E-state index is 12.9. The molecule has 26 heavy (non-hydrogen) atoms. The summed E-state index contributed by atoms with van der Waals surface area (Å²) >= 11 is 12.1. The zero-order valence-corrected chi connectivity index (χ0v) is 14.9. The molecule has 0 aliphatic rings. The highest BCUT2D eigenvalue weighted by atomic mass is 35.5. The van der Waals surface area contributed by atoms with Crippen LogP contribution in [0.25, 0.3) is 27.5 Å². The molecule has 0 atom stereocenters. The van der Waals surface area contributed by atoms with Crippen molar-refractivity contribution in [3.63, 3.8) is 0 Å². The minimum atomic E-state index is -0.657. The Balaban J connectivity index is 2.18. The van der Waals surface area contributed by atoms with E-state index in [1.807, 2.05) is 6.92 Å². The summed E-state index contributed by atoms with van der Waals surface area (Å²) in [5, 5.41) is 14.6. The Morgan fingerprint density at radius 3 is 2.46 bits per heavy atom. The lowest BCUT2D eigenvalue weighted by Gasteiger charge is -2.09. The number of aryl methyl sites for hydroxylation is 1. The number of aromatic amines is 1. The molecule has 0 spiro atoms. The van der Waals surface area contributed by atoms with E-state index in [0.717, 1.165) is 10.2 Å². The molecule has 4 rings (SSSR count). The molecule has 0 saturated heterocycles. The lowest BCUT2D eigenvalue weighted by molar-refractivity contribution is 0.443. The number of fused-ring (bicyclic) bond motifs is 2. The molecular weight excluding hydrogens is 377 g/mol. The largest absolute Gasteiger partial charge is 0.491 e. The highest BCUT2D eigenvalue weighted by molar-refractivity contribution is 6.38. The molecule has 130 valence electrons. The van der Waals surface area contributed by atoms with Crippen LogP contribution in [0.2, 0.25) is 10.0 Å². The minimum Gasteiger partial charge on any atom is -0.491 e. The second-order valence-corrected chi connectivity index (χ2v) is 6.73. The van der Waals surface area contributed by atoms with E-state index in [2.05, 4.69) is 10.1 Å². The number of aromatic nitrogens is 3. The third kappa shape index (κ3) is 2.46. The molecule has 2 aromatic heterocycles. The van der Waals surface area contributed by atoms with Crippen LogP contribution in [-0.4, -0.2) is 19.9 Å². The molecule has 0 saturated carbocycles. The van der Waals surface area contributed by atoms with E-state index in [1.54, 1.807) is 24.3 Å². The molecule has 8 heteroatoms. The van der Waals surface area contributed by atoms with Crippen molar-refractivity contribution in [2.45, 2.75) is 6.92 Å². The Kier molecular flexibility index (Phi) is 3.75. The van der Waals surface area contributed by atoms with Gasteiger partial charge in [-0.05, 0) is 31.2 Å². The Hall–Kier alpha value is -2.83. The van der Waals surface area contributed by atoms with Crippen LogP contribution >= 0.6 is 23.2 Å². The van der Waals surface area contributed by atoms with Crippen LogP contribution in [0.3, 0.4) is 0 Å². The zero-order chi connectivity index (χ0) is 18.6. The van der Waals surface area contributed by atoms with Crippen molar-refractivity contribution >= 4 is 45.0 Å². The molecule has 4 aromatic rings. The highest BCUT2D eigenvalue weighted by Crippen LogP contribution is 2.27. The molecule has 0 bridgehead atoms. The van der Waals surface area contributed by atoms with Crippen molar-refractivity contribution in [1.29, 1.82) is 0 Å². The van der Waals surface area contributed by atoms with Crippen LogP contribution in [0.15, 0.2) is 46.0 Å². The van der Waals surface area contributed by atoms with Crippen molar-refractivity contribution in [3.8, 4) is 11.6 Å². The lowest BCUT2D eigenvalue weighted by Crippen LogP contribution is -2.26. The van der Waals surface area contributed by atoms with Crippen LogP contribution in [0, 0.1) is 6.92 Å². The summed E-state index contributed by atoms with van der Waals surface area (Å²) in [6, 6.07) is 9.87. The fourth-order valence-electron chi connectivity index (χ4n) is 2.87. The van der Waals surface area contributed by atoms with E-state index in [1.165, 1.54) is 12.1 Å². The first-order valence-electron chi connectivity index (χ1n) is 7.61. The fraction of sp³-hybridized carbons (Fsp3) is 0.0556. The summed E-state index contributed by atoms with van der Waals surface area (Å²) < 4.78 is 0.988. The van der Waals surface area contributed by atoms with E-state index in [-0.39, 0.29) is 21.3 Å². The molecule has 0 fully saturated rings. The Morgan fingerprint density at radius 1 is 1.08 bits per heavy atom. The van der Waals surface area contributed by atoms with Gasteiger partial charge in [0.05, 0.1) is 21.6 Å². The summed E-state index contributed by atoms with van der Waals surface area (Å²) in [5.41, 5.74) is 0.424. The average Bonchev–Trinajstić information content (AvgIpc) is 2.58.